The summed E-state index contributed by atoms with van der Waals surface area (Å²) in [5.74, 6) is 3.21. The molecule has 7 nitrogen and oxygen atoms in total. The van der Waals surface area contributed by atoms with Gasteiger partial charge in [0.25, 0.3) is 0 Å². The van der Waals surface area contributed by atoms with Gasteiger partial charge in [0.15, 0.2) is 11.8 Å². The Labute approximate surface area is 213 Å². The van der Waals surface area contributed by atoms with Gasteiger partial charge in [-0.2, -0.15) is 0 Å². The second kappa shape index (κ2) is 10.4. The number of amides is 1. The molecule has 3 N–H and O–H groups in total. The smallest absolute Gasteiger partial charge is 0.227 e. The van der Waals surface area contributed by atoms with E-state index in [9.17, 15) is 9.59 Å². The van der Waals surface area contributed by atoms with Crippen molar-refractivity contribution in [3.63, 3.8) is 0 Å². The fourth-order valence-corrected chi connectivity index (χ4v) is 6.29. The number of likely N-dealkylation sites (tertiary alicyclic amines) is 1. The number of hydrogen-bond acceptors (Lipinski definition) is 6. The van der Waals surface area contributed by atoms with Gasteiger partial charge in [-0.05, 0) is 86.0 Å². The summed E-state index contributed by atoms with van der Waals surface area (Å²) in [7, 11) is 0. The molecule has 3 heterocycles. The Balaban J connectivity index is 1.18. The molecule has 0 bridgehead atoms. The third kappa shape index (κ3) is 4.99. The molecule has 1 amide bonds. The molecular weight excluding hydrogens is 450 g/mol. The lowest BCUT2D eigenvalue weighted by molar-refractivity contribution is -0.120. The Bertz CT molecular complexity index is 1150. The number of anilines is 3. The Morgan fingerprint density at radius 1 is 1.00 bits per heavy atom. The van der Waals surface area contributed by atoms with Gasteiger partial charge in [0, 0.05) is 55.7 Å². The van der Waals surface area contributed by atoms with Crippen LogP contribution in [0, 0.1) is 12.8 Å². The summed E-state index contributed by atoms with van der Waals surface area (Å²) in [6.07, 6.45) is 3.93. The van der Waals surface area contributed by atoms with E-state index in [0.29, 0.717) is 30.8 Å². The highest BCUT2D eigenvalue weighted by molar-refractivity contribution is 5.85. The number of aryl methyl sites for hydroxylation is 1. The maximum absolute atomic E-state index is 11.7. The first kappa shape index (κ1) is 24.4. The van der Waals surface area contributed by atoms with Crippen molar-refractivity contribution < 1.29 is 9.59 Å². The van der Waals surface area contributed by atoms with Crippen LogP contribution in [0.3, 0.4) is 0 Å². The summed E-state index contributed by atoms with van der Waals surface area (Å²) in [4.78, 5) is 30.1. The molecule has 7 heteroatoms. The molecule has 3 fully saturated rings. The lowest BCUT2D eigenvalue weighted by Gasteiger charge is -2.45. The summed E-state index contributed by atoms with van der Waals surface area (Å²) >= 11 is 0. The topological polar surface area (TPSA) is 81.9 Å². The molecule has 2 aromatic rings. The number of piperidine rings is 2. The number of hydrogen-bond donors (Lipinski definition) is 2. The van der Waals surface area contributed by atoms with Gasteiger partial charge in [0.1, 0.15) is 0 Å². The molecule has 2 unspecified atom stereocenters. The van der Waals surface area contributed by atoms with E-state index in [1.807, 2.05) is 23.0 Å². The Morgan fingerprint density at radius 2 is 1.75 bits per heavy atom. The first-order chi connectivity index (χ1) is 17.4. The third-order valence-electron chi connectivity index (χ3n) is 8.31. The Kier molecular flexibility index (Phi) is 7.04. The molecule has 190 valence electrons. The van der Waals surface area contributed by atoms with Crippen molar-refractivity contribution in [2.45, 2.75) is 51.5 Å². The van der Waals surface area contributed by atoms with Crippen LogP contribution in [-0.2, 0) is 9.59 Å². The van der Waals surface area contributed by atoms with Gasteiger partial charge in [-0.3, -0.25) is 9.69 Å². The minimum absolute atomic E-state index is 0.134. The molecule has 0 aliphatic carbocycles. The van der Waals surface area contributed by atoms with E-state index in [1.165, 1.54) is 30.5 Å². The van der Waals surface area contributed by atoms with Crippen LogP contribution >= 0.6 is 0 Å². The summed E-state index contributed by atoms with van der Waals surface area (Å²) < 4.78 is 0. The fraction of sp³-hybridized carbons (Fsp3) is 0.483. The average molecular weight is 488 g/mol. The molecule has 3 saturated heterocycles. The van der Waals surface area contributed by atoms with Crippen molar-refractivity contribution in [3.8, 4) is 0 Å². The van der Waals surface area contributed by atoms with Crippen LogP contribution in [0.15, 0.2) is 48.3 Å². The zero-order valence-electron chi connectivity index (χ0n) is 21.4. The first-order valence-electron chi connectivity index (χ1n) is 13.2. The lowest BCUT2D eigenvalue weighted by atomic mass is 9.80. The van der Waals surface area contributed by atoms with E-state index in [-0.39, 0.29) is 11.7 Å². The second-order valence-corrected chi connectivity index (χ2v) is 10.6. The highest BCUT2D eigenvalue weighted by Crippen LogP contribution is 2.36. The SMILES string of the molecule is Cc1cc(N2CCC(N3CCC(c4ccc(N)cc4)C(C)C3)CC2)ccc1N1CCC(=O)NC1=C=O. The number of rotatable bonds is 4. The lowest BCUT2D eigenvalue weighted by Crippen LogP contribution is -2.49. The van der Waals surface area contributed by atoms with Crippen LogP contribution in [0.4, 0.5) is 17.1 Å². The van der Waals surface area contributed by atoms with Gasteiger partial charge in [-0.15, -0.1) is 0 Å². The standard InChI is InChI=1S/C29H37N5O2/c1-20-17-25(7-8-27(20)34-16-12-29(36)31-28(34)19-35)32-13-9-24(10-14-32)33-15-11-26(21(2)18-33)22-3-5-23(30)6-4-22/h3-8,17,21,24,26H,9-16,18,30H2,1-2H3,(H,31,36). The van der Waals surface area contributed by atoms with Gasteiger partial charge in [-0.1, -0.05) is 19.1 Å². The number of carbonyl (C=O) groups excluding carboxylic acids is 2. The van der Waals surface area contributed by atoms with E-state index in [0.717, 1.165) is 43.1 Å². The van der Waals surface area contributed by atoms with Gasteiger partial charge in [0.2, 0.25) is 5.91 Å². The quantitative estimate of drug-likeness (QED) is 0.506. The van der Waals surface area contributed by atoms with Gasteiger partial charge >= 0.3 is 0 Å². The number of nitrogens with zero attached hydrogens (tertiary/aromatic N) is 3. The zero-order chi connectivity index (χ0) is 25.2. The minimum Gasteiger partial charge on any atom is -0.399 e. The number of nitrogens with one attached hydrogen (secondary N) is 1. The molecule has 0 saturated carbocycles. The number of carbonyl (C=O) groups is 1. The minimum atomic E-state index is -0.134. The van der Waals surface area contributed by atoms with Crippen LogP contribution in [0.2, 0.25) is 0 Å². The Hall–Kier alpha value is -3.28. The summed E-state index contributed by atoms with van der Waals surface area (Å²) in [6.45, 7) is 9.38. The average Bonchev–Trinajstić information content (AvgIpc) is 2.89. The van der Waals surface area contributed by atoms with E-state index >= 15 is 0 Å². The van der Waals surface area contributed by atoms with Crippen molar-refractivity contribution >= 4 is 28.9 Å². The van der Waals surface area contributed by atoms with E-state index in [2.05, 4.69) is 59.3 Å². The van der Waals surface area contributed by atoms with E-state index in [4.69, 9.17) is 5.73 Å². The molecule has 3 aliphatic rings. The van der Waals surface area contributed by atoms with Crippen LogP contribution in [0.5, 0.6) is 0 Å². The second-order valence-electron chi connectivity index (χ2n) is 10.6. The normalized spacial score (nSPS) is 23.9. The van der Waals surface area contributed by atoms with Gasteiger partial charge in [0.05, 0.1) is 0 Å². The molecule has 0 radical (unpaired) electrons. The Morgan fingerprint density at radius 3 is 2.42 bits per heavy atom. The summed E-state index contributed by atoms with van der Waals surface area (Å²) in [6, 6.07) is 15.5. The maximum atomic E-state index is 11.7. The van der Waals surface area contributed by atoms with Crippen molar-refractivity contribution in [3.05, 3.63) is 59.4 Å². The van der Waals surface area contributed by atoms with Crippen LogP contribution in [0.25, 0.3) is 0 Å². The fourth-order valence-electron chi connectivity index (χ4n) is 6.29. The summed E-state index contributed by atoms with van der Waals surface area (Å²) in [5.41, 5.74) is 11.4. The molecule has 36 heavy (non-hydrogen) atoms. The van der Waals surface area contributed by atoms with Crippen molar-refractivity contribution in [2.75, 3.05) is 48.3 Å². The number of nitrogen functional groups attached to an aromatic ring is 1. The van der Waals surface area contributed by atoms with E-state index < -0.39 is 0 Å². The molecule has 0 aromatic heterocycles. The molecule has 2 aromatic carbocycles. The van der Waals surface area contributed by atoms with Crippen molar-refractivity contribution in [1.82, 2.24) is 10.2 Å². The highest BCUT2D eigenvalue weighted by atomic mass is 16.2. The molecule has 3 aliphatic heterocycles. The van der Waals surface area contributed by atoms with Gasteiger partial charge < -0.3 is 20.9 Å². The maximum Gasteiger partial charge on any atom is 0.227 e. The van der Waals surface area contributed by atoms with Crippen LogP contribution < -0.4 is 20.9 Å². The van der Waals surface area contributed by atoms with Crippen molar-refractivity contribution in [1.29, 1.82) is 0 Å². The number of benzene rings is 2. The van der Waals surface area contributed by atoms with Crippen LogP contribution in [0.1, 0.15) is 49.7 Å². The molecule has 0 spiro atoms. The predicted molar refractivity (Wildman–Crippen MR) is 145 cm³/mol. The molecular formula is C29H37N5O2. The van der Waals surface area contributed by atoms with Gasteiger partial charge in [-0.25, -0.2) is 4.79 Å². The van der Waals surface area contributed by atoms with E-state index in [1.54, 1.807) is 0 Å². The number of nitrogens with two attached hydrogens (primary N) is 1. The zero-order valence-corrected chi connectivity index (χ0v) is 21.4. The molecule has 2 atom stereocenters. The largest absolute Gasteiger partial charge is 0.399 e. The van der Waals surface area contributed by atoms with Crippen molar-refractivity contribution in [2.24, 2.45) is 5.92 Å². The van der Waals surface area contributed by atoms with Crippen LogP contribution in [-0.4, -0.2) is 55.5 Å². The first-order valence-corrected chi connectivity index (χ1v) is 13.2. The highest BCUT2D eigenvalue weighted by Gasteiger charge is 2.33. The summed E-state index contributed by atoms with van der Waals surface area (Å²) in [5, 5.41) is 2.63. The third-order valence-corrected chi connectivity index (χ3v) is 8.31. The molecule has 5 rings (SSSR count). The predicted octanol–water partition coefficient (Wildman–Crippen LogP) is 3.67. The monoisotopic (exact) mass is 487 g/mol.